The van der Waals surface area contributed by atoms with Crippen LogP contribution in [-0.4, -0.2) is 10.3 Å². The van der Waals surface area contributed by atoms with Gasteiger partial charge in [-0.05, 0) is 38.7 Å². The Labute approximate surface area is 273 Å². The molecule has 0 spiro atoms. The van der Waals surface area contributed by atoms with Crippen LogP contribution >= 0.6 is 25.1 Å². The molecule has 0 nitrogen and oxygen atoms in total. The molecule has 246 valence electrons. The van der Waals surface area contributed by atoms with Gasteiger partial charge in [-0.1, -0.05) is 102 Å². The van der Waals surface area contributed by atoms with E-state index in [0.717, 1.165) is 28.3 Å². The van der Waals surface area contributed by atoms with Gasteiger partial charge in [0.05, 0.1) is 11.1 Å². The van der Waals surface area contributed by atoms with Gasteiger partial charge in [0.15, 0.2) is 0 Å². The molecule has 0 radical (unpaired) electrons. The first-order valence-corrected chi connectivity index (χ1v) is 17.3. The topological polar surface area (TPSA) is 0 Å². The Kier molecular flexibility index (Phi) is 13.6. The van der Waals surface area contributed by atoms with Gasteiger partial charge in [-0.2, -0.15) is 26.3 Å². The molecule has 0 amide bonds. The molecule has 10 heteroatoms. The SMILES string of the molecule is CC([c-]1c(Pc2ccccc2C(F)(F)F)ccc1Pc1ccccc1C(F)(F)F)P(C(C)(C)C)C(C)(C)C.[Fe].[cH-]1[cH-][cH-][cH-][cH-]1. The van der Waals surface area contributed by atoms with Gasteiger partial charge in [-0.25, -0.2) is 12.1 Å². The second-order valence-corrected chi connectivity index (χ2v) is 19.1. The third-order valence-electron chi connectivity index (χ3n) is 6.81. The molecule has 0 saturated heterocycles. The van der Waals surface area contributed by atoms with Crippen LogP contribution in [0.15, 0.2) is 91.0 Å². The summed E-state index contributed by atoms with van der Waals surface area (Å²) in [6.45, 7) is 15.1. The Bertz CT molecular complexity index is 1330. The number of benzene rings is 2. The van der Waals surface area contributed by atoms with Gasteiger partial charge in [0.2, 0.25) is 0 Å². The van der Waals surface area contributed by atoms with Gasteiger partial charge in [-0.15, -0.1) is 24.1 Å². The maximum absolute atomic E-state index is 13.8. The molecular formula is C34H39F6FeP3-6. The average molecular weight is 710 g/mol. The first-order valence-electron chi connectivity index (χ1n) is 13.9. The minimum absolute atomic E-state index is 0. The number of rotatable bonds is 6. The summed E-state index contributed by atoms with van der Waals surface area (Å²) >= 11 is 0. The average Bonchev–Trinajstić information content (AvgIpc) is 3.56. The normalized spacial score (nSPS) is 13.8. The molecule has 0 bridgehead atoms. The smallest absolute Gasteiger partial charge is 0.417 e. The predicted octanol–water partition coefficient (Wildman–Crippen LogP) is 10.2. The fraction of sp³-hybridized carbons (Fsp3) is 0.353. The van der Waals surface area contributed by atoms with E-state index in [9.17, 15) is 26.3 Å². The molecule has 3 atom stereocenters. The van der Waals surface area contributed by atoms with Crippen molar-refractivity contribution in [2.45, 2.75) is 76.8 Å². The molecule has 0 aliphatic heterocycles. The van der Waals surface area contributed by atoms with Crippen LogP contribution in [0.25, 0.3) is 0 Å². The van der Waals surface area contributed by atoms with Gasteiger partial charge in [0.25, 0.3) is 0 Å². The molecule has 4 aromatic carbocycles. The molecule has 0 aliphatic rings. The minimum Gasteiger partial charge on any atom is -0.748 e. The number of hydrogen-bond donors (Lipinski definition) is 0. The largest absolute Gasteiger partial charge is 0.748 e. The van der Waals surface area contributed by atoms with Crippen LogP contribution in [0.5, 0.6) is 0 Å². The summed E-state index contributed by atoms with van der Waals surface area (Å²) in [5, 5.41) is 1.78. The summed E-state index contributed by atoms with van der Waals surface area (Å²) in [7, 11) is -1.25. The second-order valence-electron chi connectivity index (χ2n) is 12.3. The Hall–Kier alpha value is -1.47. The molecule has 4 aromatic rings. The van der Waals surface area contributed by atoms with Crippen LogP contribution in [-0.2, 0) is 29.4 Å². The third kappa shape index (κ3) is 10.3. The second kappa shape index (κ2) is 15.4. The van der Waals surface area contributed by atoms with Gasteiger partial charge in [-0.3, -0.25) is 0 Å². The van der Waals surface area contributed by atoms with E-state index in [2.05, 4.69) is 48.5 Å². The molecule has 44 heavy (non-hydrogen) atoms. The van der Waals surface area contributed by atoms with Crippen LogP contribution in [0.2, 0.25) is 0 Å². The summed E-state index contributed by atoms with van der Waals surface area (Å²) in [4.78, 5) is 0. The van der Waals surface area contributed by atoms with Crippen molar-refractivity contribution in [2.24, 2.45) is 0 Å². The number of hydrogen-bond acceptors (Lipinski definition) is 0. The van der Waals surface area contributed by atoms with Gasteiger partial charge < -0.3 is 30.3 Å². The number of alkyl halides is 6. The molecule has 0 heterocycles. The Morgan fingerprint density at radius 2 is 0.909 bits per heavy atom. The monoisotopic (exact) mass is 710 g/mol. The van der Waals surface area contributed by atoms with Crippen molar-refractivity contribution >= 4 is 46.3 Å². The molecule has 0 fully saturated rings. The summed E-state index contributed by atoms with van der Waals surface area (Å²) in [5.41, 5.74) is -0.454. The van der Waals surface area contributed by atoms with E-state index in [0.29, 0.717) is 0 Å². The van der Waals surface area contributed by atoms with Gasteiger partial charge >= 0.3 is 12.4 Å². The summed E-state index contributed by atoms with van der Waals surface area (Å²) in [5.74, 6) is 0. The van der Waals surface area contributed by atoms with E-state index in [-0.39, 0.29) is 60.8 Å². The zero-order chi connectivity index (χ0) is 32.2. The Balaban J connectivity index is 0.00000102. The van der Waals surface area contributed by atoms with Crippen molar-refractivity contribution in [2.75, 3.05) is 0 Å². The van der Waals surface area contributed by atoms with E-state index < -0.39 is 31.4 Å². The van der Waals surface area contributed by atoms with E-state index in [1.165, 1.54) is 24.3 Å². The summed E-state index contributed by atoms with van der Waals surface area (Å²) in [6.07, 6.45) is -8.97. The predicted molar refractivity (Wildman–Crippen MR) is 177 cm³/mol. The van der Waals surface area contributed by atoms with Gasteiger partial charge in [0, 0.05) is 17.1 Å². The molecule has 0 saturated carbocycles. The van der Waals surface area contributed by atoms with Crippen molar-refractivity contribution < 1.29 is 43.4 Å². The van der Waals surface area contributed by atoms with E-state index in [1.54, 1.807) is 12.1 Å². The van der Waals surface area contributed by atoms with Crippen molar-refractivity contribution in [1.82, 2.24) is 0 Å². The molecule has 4 rings (SSSR count). The van der Waals surface area contributed by atoms with Crippen molar-refractivity contribution in [3.63, 3.8) is 0 Å². The zero-order valence-electron chi connectivity index (χ0n) is 25.8. The maximum Gasteiger partial charge on any atom is 0.417 e. The minimum atomic E-state index is -4.48. The molecule has 0 N–H and O–H groups in total. The molecular weight excluding hydrogens is 671 g/mol. The molecule has 0 aromatic heterocycles. The van der Waals surface area contributed by atoms with Crippen LogP contribution in [0.1, 0.15) is 70.8 Å². The fourth-order valence-corrected chi connectivity index (χ4v) is 14.0. The first-order chi connectivity index (χ1) is 19.8. The summed E-state index contributed by atoms with van der Waals surface area (Å²) < 4.78 is 82.8. The van der Waals surface area contributed by atoms with Crippen LogP contribution < -0.4 is 21.2 Å². The molecule has 3 unspecified atom stereocenters. The standard InChI is InChI=1S/C29H34F6P3.C5H5.Fe/c1-18(38(26(2,3)4)27(5,6)7)25-23(36-21-14-10-8-12-19(21)28(30,31)32)16-17-24(25)37-22-15-11-9-13-20(22)29(33,34)35;1-2-4-5-3-1;/h8-18,36-37H,1-7H3;1-5H;/q-1;-5;. The van der Waals surface area contributed by atoms with Gasteiger partial charge in [0.1, 0.15) is 0 Å². The van der Waals surface area contributed by atoms with E-state index >= 15 is 0 Å². The first kappa shape index (κ1) is 38.7. The van der Waals surface area contributed by atoms with Crippen molar-refractivity contribution in [1.29, 1.82) is 0 Å². The van der Waals surface area contributed by atoms with Crippen molar-refractivity contribution in [3.05, 3.63) is 108 Å². The maximum atomic E-state index is 13.8. The van der Waals surface area contributed by atoms with Crippen LogP contribution in [0.3, 0.4) is 0 Å². The zero-order valence-corrected chi connectivity index (χ0v) is 29.8. The van der Waals surface area contributed by atoms with Crippen molar-refractivity contribution in [3.8, 4) is 0 Å². The fourth-order valence-electron chi connectivity index (χ4n) is 5.75. The molecule has 0 aliphatic carbocycles. The summed E-state index contributed by atoms with van der Waals surface area (Å²) in [6, 6.07) is 24.8. The Morgan fingerprint density at radius 1 is 0.591 bits per heavy atom. The van der Waals surface area contributed by atoms with E-state index in [1.807, 2.05) is 42.5 Å². The number of halogens is 6. The van der Waals surface area contributed by atoms with Crippen LogP contribution in [0.4, 0.5) is 26.3 Å². The third-order valence-corrected chi connectivity index (χ3v) is 13.6. The Morgan fingerprint density at radius 3 is 1.20 bits per heavy atom. The quantitative estimate of drug-likeness (QED) is 0.0809. The van der Waals surface area contributed by atoms with E-state index in [4.69, 9.17) is 0 Å². The van der Waals surface area contributed by atoms with Crippen LogP contribution in [0, 0.1) is 0 Å².